The van der Waals surface area contributed by atoms with Crippen molar-refractivity contribution in [2.45, 2.75) is 20.3 Å². The van der Waals surface area contributed by atoms with Crippen LogP contribution >= 0.6 is 27.3 Å². The monoisotopic (exact) mass is 442 g/mol. The van der Waals surface area contributed by atoms with E-state index in [-0.39, 0.29) is 17.8 Å². The molecule has 2 heterocycles. The van der Waals surface area contributed by atoms with Crippen molar-refractivity contribution in [1.29, 1.82) is 0 Å². The summed E-state index contributed by atoms with van der Waals surface area (Å²) in [6.45, 7) is 4.02. The Balaban J connectivity index is 1.88. The maximum Gasteiger partial charge on any atom is 0.260 e. The van der Waals surface area contributed by atoms with Gasteiger partial charge < -0.3 is 4.98 Å². The lowest BCUT2D eigenvalue weighted by Gasteiger charge is -2.07. The first kappa shape index (κ1) is 18.1. The number of aryl methyl sites for hydroxylation is 2. The van der Waals surface area contributed by atoms with E-state index in [1.54, 1.807) is 18.2 Å². The van der Waals surface area contributed by atoms with E-state index in [9.17, 15) is 9.18 Å². The molecule has 0 fully saturated rings. The summed E-state index contributed by atoms with van der Waals surface area (Å²) in [5.74, 6) is 0.167. The van der Waals surface area contributed by atoms with Crippen LogP contribution in [0, 0.1) is 19.7 Å². The van der Waals surface area contributed by atoms with Crippen molar-refractivity contribution in [2.75, 3.05) is 0 Å². The van der Waals surface area contributed by atoms with Crippen LogP contribution < -0.4 is 5.56 Å². The quantitative estimate of drug-likeness (QED) is 0.438. The molecule has 0 saturated heterocycles. The molecular formula is C21H16BrFN2OS. The van der Waals surface area contributed by atoms with Crippen molar-refractivity contribution < 1.29 is 4.39 Å². The maximum absolute atomic E-state index is 13.9. The van der Waals surface area contributed by atoms with Crippen LogP contribution in [-0.2, 0) is 6.42 Å². The number of aromatic nitrogens is 2. The minimum atomic E-state index is -0.299. The van der Waals surface area contributed by atoms with Gasteiger partial charge in [0.1, 0.15) is 16.5 Å². The molecule has 1 N–H and O–H groups in total. The van der Waals surface area contributed by atoms with Crippen LogP contribution in [0.3, 0.4) is 0 Å². The van der Waals surface area contributed by atoms with Crippen molar-refractivity contribution in [3.05, 3.63) is 84.9 Å². The molecule has 0 spiro atoms. The van der Waals surface area contributed by atoms with Gasteiger partial charge >= 0.3 is 0 Å². The predicted molar refractivity (Wildman–Crippen MR) is 112 cm³/mol. The fourth-order valence-corrected chi connectivity index (χ4v) is 4.73. The van der Waals surface area contributed by atoms with E-state index in [2.05, 4.69) is 32.0 Å². The van der Waals surface area contributed by atoms with E-state index in [0.29, 0.717) is 21.6 Å². The third kappa shape index (κ3) is 3.35. The zero-order valence-corrected chi connectivity index (χ0v) is 17.2. The van der Waals surface area contributed by atoms with Crippen LogP contribution in [0.4, 0.5) is 4.39 Å². The number of hydrogen-bond donors (Lipinski definition) is 1. The van der Waals surface area contributed by atoms with Crippen LogP contribution in [0.15, 0.2) is 51.7 Å². The lowest BCUT2D eigenvalue weighted by atomic mass is 10.0. The number of fused-ring (bicyclic) bond motifs is 1. The molecule has 4 aromatic rings. The van der Waals surface area contributed by atoms with Gasteiger partial charge in [0, 0.05) is 21.3 Å². The van der Waals surface area contributed by atoms with Crippen LogP contribution in [0.2, 0.25) is 0 Å². The molecule has 0 aliphatic carbocycles. The number of hydrogen-bond acceptors (Lipinski definition) is 3. The molecule has 2 aromatic carbocycles. The summed E-state index contributed by atoms with van der Waals surface area (Å²) in [6, 6.07) is 12.6. The Morgan fingerprint density at radius 2 is 1.96 bits per heavy atom. The molecule has 4 rings (SSSR count). The van der Waals surface area contributed by atoms with Gasteiger partial charge in [-0.15, -0.1) is 11.3 Å². The Hall–Kier alpha value is -2.31. The Morgan fingerprint density at radius 1 is 1.19 bits per heavy atom. The highest BCUT2D eigenvalue weighted by atomic mass is 79.9. The Bertz CT molecular complexity index is 1230. The molecule has 3 nitrogen and oxygen atoms in total. The van der Waals surface area contributed by atoms with Gasteiger partial charge in [0.25, 0.3) is 5.56 Å². The molecule has 2 aromatic heterocycles. The summed E-state index contributed by atoms with van der Waals surface area (Å²) in [6.07, 6.45) is 0.248. The van der Waals surface area contributed by atoms with Gasteiger partial charge in [0.15, 0.2) is 0 Å². The van der Waals surface area contributed by atoms with Crippen molar-refractivity contribution >= 4 is 37.5 Å². The van der Waals surface area contributed by atoms with Gasteiger partial charge in [-0.25, -0.2) is 9.37 Å². The zero-order chi connectivity index (χ0) is 19.1. The third-order valence-corrected chi connectivity index (χ3v) is 6.18. The lowest BCUT2D eigenvalue weighted by molar-refractivity contribution is 0.612. The number of nitrogens with one attached hydrogen (secondary N) is 1. The minimum absolute atomic E-state index is 0.195. The van der Waals surface area contributed by atoms with Gasteiger partial charge in [-0.05, 0) is 37.1 Å². The number of rotatable bonds is 3. The van der Waals surface area contributed by atoms with Crippen LogP contribution in [0.25, 0.3) is 21.3 Å². The highest BCUT2D eigenvalue weighted by molar-refractivity contribution is 9.10. The van der Waals surface area contributed by atoms with E-state index in [4.69, 9.17) is 0 Å². The number of halogens is 2. The summed E-state index contributed by atoms with van der Waals surface area (Å²) < 4.78 is 14.9. The van der Waals surface area contributed by atoms with Crippen LogP contribution in [-0.4, -0.2) is 9.97 Å². The number of benzene rings is 2. The van der Waals surface area contributed by atoms with E-state index in [0.717, 1.165) is 26.0 Å². The average molecular weight is 443 g/mol. The molecule has 0 aliphatic heterocycles. The molecule has 0 bridgehead atoms. The molecule has 0 aliphatic rings. The largest absolute Gasteiger partial charge is 0.310 e. The van der Waals surface area contributed by atoms with Gasteiger partial charge in [0.05, 0.1) is 5.39 Å². The summed E-state index contributed by atoms with van der Waals surface area (Å²) in [4.78, 5) is 22.0. The fourth-order valence-electron chi connectivity index (χ4n) is 3.22. The maximum atomic E-state index is 13.9. The minimum Gasteiger partial charge on any atom is -0.310 e. The van der Waals surface area contributed by atoms with Crippen molar-refractivity contribution in [3.63, 3.8) is 0 Å². The molecule has 6 heteroatoms. The highest BCUT2D eigenvalue weighted by Crippen LogP contribution is 2.39. The van der Waals surface area contributed by atoms with E-state index >= 15 is 0 Å². The lowest BCUT2D eigenvalue weighted by Crippen LogP contribution is -2.12. The molecule has 0 atom stereocenters. The molecule has 0 saturated carbocycles. The zero-order valence-electron chi connectivity index (χ0n) is 14.8. The van der Waals surface area contributed by atoms with Crippen LogP contribution in [0.1, 0.15) is 21.8 Å². The molecular weight excluding hydrogens is 427 g/mol. The SMILES string of the molecule is Cc1ccc(Br)c(-c2c(C)sc3nc(Cc4ccccc4F)[nH]c(=O)c23)c1. The number of H-pyrrole nitrogens is 1. The summed E-state index contributed by atoms with van der Waals surface area (Å²) in [5.41, 5.74) is 3.31. The van der Waals surface area contributed by atoms with Gasteiger partial charge in [0.2, 0.25) is 0 Å². The second-order valence-electron chi connectivity index (χ2n) is 6.48. The Kier molecular flexibility index (Phi) is 4.70. The number of aromatic amines is 1. The second kappa shape index (κ2) is 7.02. The summed E-state index contributed by atoms with van der Waals surface area (Å²) in [5, 5.41) is 0.584. The predicted octanol–water partition coefficient (Wildman–Crippen LogP) is 5.76. The topological polar surface area (TPSA) is 45.8 Å². The first-order valence-electron chi connectivity index (χ1n) is 8.46. The van der Waals surface area contributed by atoms with Crippen molar-refractivity contribution in [3.8, 4) is 11.1 Å². The van der Waals surface area contributed by atoms with Gasteiger partial charge in [-0.2, -0.15) is 0 Å². The molecule has 0 amide bonds. The second-order valence-corrected chi connectivity index (χ2v) is 8.54. The molecule has 27 heavy (non-hydrogen) atoms. The molecule has 0 unspecified atom stereocenters. The van der Waals surface area contributed by atoms with Crippen molar-refractivity contribution in [2.24, 2.45) is 0 Å². The van der Waals surface area contributed by atoms with E-state index in [1.807, 2.05) is 26.0 Å². The van der Waals surface area contributed by atoms with E-state index in [1.165, 1.54) is 17.4 Å². The van der Waals surface area contributed by atoms with E-state index < -0.39 is 0 Å². The average Bonchev–Trinajstić information content (AvgIpc) is 2.95. The summed E-state index contributed by atoms with van der Waals surface area (Å²) in [7, 11) is 0. The fraction of sp³-hybridized carbons (Fsp3) is 0.143. The molecule has 136 valence electrons. The van der Waals surface area contributed by atoms with Gasteiger partial charge in [-0.1, -0.05) is 51.8 Å². The smallest absolute Gasteiger partial charge is 0.260 e. The van der Waals surface area contributed by atoms with Gasteiger partial charge in [-0.3, -0.25) is 4.79 Å². The Labute approximate surface area is 168 Å². The normalized spacial score (nSPS) is 11.3. The first-order chi connectivity index (χ1) is 12.9. The third-order valence-electron chi connectivity index (χ3n) is 4.49. The summed E-state index contributed by atoms with van der Waals surface area (Å²) >= 11 is 5.08. The Morgan fingerprint density at radius 3 is 2.74 bits per heavy atom. The highest BCUT2D eigenvalue weighted by Gasteiger charge is 2.19. The molecule has 0 radical (unpaired) electrons. The van der Waals surface area contributed by atoms with Crippen molar-refractivity contribution in [1.82, 2.24) is 9.97 Å². The number of thiophene rings is 1. The standard InChI is InChI=1S/C21H16BrFN2OS/c1-11-7-8-15(22)14(9-11)18-12(2)27-21-19(18)20(26)24-17(25-21)10-13-5-3-4-6-16(13)23/h3-9H,10H2,1-2H3,(H,24,25,26). The van der Waals surface area contributed by atoms with Crippen LogP contribution in [0.5, 0.6) is 0 Å². The first-order valence-corrected chi connectivity index (χ1v) is 10.1. The number of nitrogens with zero attached hydrogens (tertiary/aromatic N) is 1.